The van der Waals surface area contributed by atoms with Crippen molar-refractivity contribution >= 4 is 11.9 Å². The first-order chi connectivity index (χ1) is 14.0. The fraction of sp³-hybridized carbons (Fsp3) is 0.760. The van der Waals surface area contributed by atoms with E-state index in [9.17, 15) is 9.59 Å². The average Bonchev–Trinajstić information content (AvgIpc) is 2.71. The summed E-state index contributed by atoms with van der Waals surface area (Å²) in [7, 11) is 0. The van der Waals surface area contributed by atoms with E-state index in [0.717, 1.165) is 25.7 Å². The number of rotatable bonds is 18. The van der Waals surface area contributed by atoms with Crippen molar-refractivity contribution in [3.8, 4) is 0 Å². The van der Waals surface area contributed by atoms with Gasteiger partial charge in [0, 0.05) is 11.6 Å². The fourth-order valence-corrected chi connectivity index (χ4v) is 2.64. The molecule has 0 aromatic carbocycles. The van der Waals surface area contributed by atoms with Crippen LogP contribution in [0.5, 0.6) is 0 Å². The molecule has 0 amide bonds. The Balaban J connectivity index is 0. The van der Waals surface area contributed by atoms with Gasteiger partial charge >= 0.3 is 11.9 Å². The second-order valence-corrected chi connectivity index (χ2v) is 7.53. The molecule has 170 valence electrons. The fourth-order valence-electron chi connectivity index (χ4n) is 2.64. The van der Waals surface area contributed by atoms with E-state index in [1.54, 1.807) is 6.92 Å². The van der Waals surface area contributed by atoms with Gasteiger partial charge in [-0.2, -0.15) is 0 Å². The van der Waals surface area contributed by atoms with Gasteiger partial charge in [-0.1, -0.05) is 104 Å². The minimum atomic E-state index is -0.307. The number of ether oxygens (including phenoxy) is 2. The molecule has 0 fully saturated rings. The van der Waals surface area contributed by atoms with E-state index < -0.39 is 0 Å². The number of carbonyl (C=O) groups is 2. The molecule has 0 aliphatic heterocycles. The molecule has 0 radical (unpaired) electrons. The maximum Gasteiger partial charge on any atom is 0.333 e. The Hall–Kier alpha value is -1.58. The largest absolute Gasteiger partial charge is 0.463 e. The van der Waals surface area contributed by atoms with E-state index in [0.29, 0.717) is 18.8 Å². The SMILES string of the molecule is C=C(C)C(=O)OCCCCCCCC.C=CC(=O)OCCCCCCCCCC. The van der Waals surface area contributed by atoms with Crippen molar-refractivity contribution in [2.24, 2.45) is 0 Å². The highest BCUT2D eigenvalue weighted by molar-refractivity contribution is 5.86. The normalized spacial score (nSPS) is 9.90. The van der Waals surface area contributed by atoms with Crippen LogP contribution in [-0.4, -0.2) is 25.2 Å². The quantitative estimate of drug-likeness (QED) is 0.135. The molecule has 0 unspecified atom stereocenters. The lowest BCUT2D eigenvalue weighted by Crippen LogP contribution is -2.05. The van der Waals surface area contributed by atoms with Gasteiger partial charge in [0.05, 0.1) is 13.2 Å². The highest BCUT2D eigenvalue weighted by Crippen LogP contribution is 2.08. The van der Waals surface area contributed by atoms with Crippen molar-refractivity contribution in [1.29, 1.82) is 0 Å². The van der Waals surface area contributed by atoms with Gasteiger partial charge < -0.3 is 9.47 Å². The van der Waals surface area contributed by atoms with Gasteiger partial charge in [0.25, 0.3) is 0 Å². The van der Waals surface area contributed by atoms with Gasteiger partial charge in [-0.3, -0.25) is 0 Å². The lowest BCUT2D eigenvalue weighted by molar-refractivity contribution is -0.139. The molecule has 29 heavy (non-hydrogen) atoms. The Morgan fingerprint density at radius 1 is 0.690 bits per heavy atom. The molecule has 4 heteroatoms. The Bertz CT molecular complexity index is 415. The van der Waals surface area contributed by atoms with E-state index in [1.807, 2.05) is 0 Å². The maximum atomic E-state index is 11.0. The average molecular weight is 411 g/mol. The third-order valence-electron chi connectivity index (χ3n) is 4.49. The lowest BCUT2D eigenvalue weighted by atomic mass is 10.1. The number of esters is 2. The Labute approximate surface area is 180 Å². The molecular weight excluding hydrogens is 364 g/mol. The molecule has 0 heterocycles. The zero-order valence-electron chi connectivity index (χ0n) is 19.4. The minimum absolute atomic E-state index is 0.265. The van der Waals surface area contributed by atoms with E-state index in [2.05, 4.69) is 27.0 Å². The molecule has 0 aromatic rings. The number of hydrogen-bond donors (Lipinski definition) is 0. The van der Waals surface area contributed by atoms with E-state index >= 15 is 0 Å². The van der Waals surface area contributed by atoms with Crippen LogP contribution in [0.15, 0.2) is 24.8 Å². The third kappa shape index (κ3) is 26.4. The molecule has 0 saturated carbocycles. The third-order valence-corrected chi connectivity index (χ3v) is 4.49. The topological polar surface area (TPSA) is 52.6 Å². The summed E-state index contributed by atoms with van der Waals surface area (Å²) in [4.78, 5) is 21.6. The molecule has 0 spiro atoms. The van der Waals surface area contributed by atoms with Crippen LogP contribution >= 0.6 is 0 Å². The zero-order chi connectivity index (χ0) is 22.2. The first-order valence-electron chi connectivity index (χ1n) is 11.6. The van der Waals surface area contributed by atoms with Crippen LogP contribution in [0.3, 0.4) is 0 Å². The smallest absolute Gasteiger partial charge is 0.333 e. The summed E-state index contributed by atoms with van der Waals surface area (Å²) in [5.74, 6) is -0.573. The molecule has 0 saturated heterocycles. The van der Waals surface area contributed by atoms with Crippen molar-refractivity contribution in [2.75, 3.05) is 13.2 Å². The van der Waals surface area contributed by atoms with Gasteiger partial charge in [0.15, 0.2) is 0 Å². The highest BCUT2D eigenvalue weighted by Gasteiger charge is 2.01. The van der Waals surface area contributed by atoms with Gasteiger partial charge in [-0.25, -0.2) is 9.59 Å². The van der Waals surface area contributed by atoms with Crippen molar-refractivity contribution in [1.82, 2.24) is 0 Å². The molecule has 0 bridgehead atoms. The first kappa shape index (κ1) is 29.6. The van der Waals surface area contributed by atoms with Crippen LogP contribution in [0.25, 0.3) is 0 Å². The van der Waals surface area contributed by atoms with Crippen LogP contribution in [-0.2, 0) is 19.1 Å². The van der Waals surface area contributed by atoms with Crippen molar-refractivity contribution < 1.29 is 19.1 Å². The van der Waals surface area contributed by atoms with E-state index in [1.165, 1.54) is 70.3 Å². The van der Waals surface area contributed by atoms with E-state index in [4.69, 9.17) is 9.47 Å². The molecule has 0 aromatic heterocycles. The lowest BCUT2D eigenvalue weighted by Gasteiger charge is -2.03. The Morgan fingerprint density at radius 2 is 1.07 bits per heavy atom. The van der Waals surface area contributed by atoms with Crippen LogP contribution in [0.1, 0.15) is 111 Å². The summed E-state index contributed by atoms with van der Waals surface area (Å²) in [5, 5.41) is 0. The van der Waals surface area contributed by atoms with Crippen molar-refractivity contribution in [2.45, 2.75) is 111 Å². The van der Waals surface area contributed by atoms with Crippen LogP contribution < -0.4 is 0 Å². The molecule has 0 aliphatic carbocycles. The highest BCUT2D eigenvalue weighted by atomic mass is 16.5. The first-order valence-corrected chi connectivity index (χ1v) is 11.6. The standard InChI is InChI=1S/C13H24O2.C12H22O2/c1-3-5-6-7-8-9-10-11-12-15-13(14)4-2;1-4-5-6-7-8-9-10-14-12(13)11(2)3/h4H,2-3,5-12H2,1H3;2,4-10H2,1,3H3. The molecular formula is C25H46O4. The predicted octanol–water partition coefficient (Wildman–Crippen LogP) is 7.32. The maximum absolute atomic E-state index is 11.0. The van der Waals surface area contributed by atoms with Crippen LogP contribution in [0.2, 0.25) is 0 Å². The Morgan fingerprint density at radius 3 is 1.45 bits per heavy atom. The summed E-state index contributed by atoms with van der Waals surface area (Å²) in [5.41, 5.74) is 0.482. The van der Waals surface area contributed by atoms with Crippen molar-refractivity contribution in [3.63, 3.8) is 0 Å². The monoisotopic (exact) mass is 410 g/mol. The summed E-state index contributed by atoms with van der Waals surface area (Å²) in [6.07, 6.45) is 18.6. The van der Waals surface area contributed by atoms with Crippen LogP contribution in [0.4, 0.5) is 0 Å². The van der Waals surface area contributed by atoms with Gasteiger partial charge in [-0.15, -0.1) is 0 Å². The molecule has 4 nitrogen and oxygen atoms in total. The zero-order valence-corrected chi connectivity index (χ0v) is 19.4. The number of unbranched alkanes of at least 4 members (excludes halogenated alkanes) is 12. The minimum Gasteiger partial charge on any atom is -0.463 e. The number of hydrogen-bond acceptors (Lipinski definition) is 4. The molecule has 0 rings (SSSR count). The van der Waals surface area contributed by atoms with Gasteiger partial charge in [-0.05, 0) is 19.8 Å². The Kier molecular flexibility index (Phi) is 25.0. The van der Waals surface area contributed by atoms with E-state index in [-0.39, 0.29) is 11.9 Å². The summed E-state index contributed by atoms with van der Waals surface area (Å²) in [6, 6.07) is 0. The number of carbonyl (C=O) groups excluding carboxylic acids is 2. The van der Waals surface area contributed by atoms with Crippen LogP contribution in [0, 0.1) is 0 Å². The van der Waals surface area contributed by atoms with Crippen molar-refractivity contribution in [3.05, 3.63) is 24.8 Å². The second-order valence-electron chi connectivity index (χ2n) is 7.53. The summed E-state index contributed by atoms with van der Waals surface area (Å²) in [6.45, 7) is 14.0. The van der Waals surface area contributed by atoms with Gasteiger partial charge in [0.1, 0.15) is 0 Å². The predicted molar refractivity (Wildman–Crippen MR) is 123 cm³/mol. The molecule has 0 atom stereocenters. The summed E-state index contributed by atoms with van der Waals surface area (Å²) >= 11 is 0. The molecule has 0 N–H and O–H groups in total. The summed E-state index contributed by atoms with van der Waals surface area (Å²) < 4.78 is 9.85. The van der Waals surface area contributed by atoms with Gasteiger partial charge in [0.2, 0.25) is 0 Å². The second kappa shape index (κ2) is 24.5. The molecule has 0 aliphatic rings.